The standard InChI is InChI=1S/2C4H10O.C2H4O2.2C2H3O.Zr/c2*1-2-3-4-5;1-2(3)4;2*1-2-3;/h2*5H,2-4H2,1H3;1H3,(H,3,4);2*1H3;/q;;;2*-1;+2. The van der Waals surface area contributed by atoms with Crippen LogP contribution in [0.5, 0.6) is 0 Å². The Bertz CT molecular complexity index is 146. The third-order valence-electron chi connectivity index (χ3n) is 1.02. The molecule has 0 aliphatic rings. The number of carboxylic acids is 1. The second kappa shape index (κ2) is 60.3. The van der Waals surface area contributed by atoms with Crippen LogP contribution in [0.2, 0.25) is 0 Å². The molecule has 0 saturated heterocycles. The Balaban J connectivity index is -0.0000000337. The van der Waals surface area contributed by atoms with Gasteiger partial charge >= 0.3 is 26.2 Å². The Morgan fingerprint density at radius 2 is 1.05 bits per heavy atom. The van der Waals surface area contributed by atoms with Gasteiger partial charge in [0.05, 0.1) is 0 Å². The molecule has 0 bridgehead atoms. The third kappa shape index (κ3) is 466. The molecule has 0 unspecified atom stereocenters. The molecule has 7 heteroatoms. The number of hydrogen-bond donors (Lipinski definition) is 3. The molecule has 0 radical (unpaired) electrons. The molecule has 6 nitrogen and oxygen atoms in total. The topological polar surface area (TPSA) is 112 Å². The van der Waals surface area contributed by atoms with Gasteiger partial charge in [0.1, 0.15) is 0 Å². The van der Waals surface area contributed by atoms with Gasteiger partial charge in [-0.05, 0) is 12.8 Å². The Morgan fingerprint density at radius 1 is 0.905 bits per heavy atom. The summed E-state index contributed by atoms with van der Waals surface area (Å²) < 4.78 is 0. The molecule has 3 N–H and O–H groups in total. The van der Waals surface area contributed by atoms with Crippen LogP contribution in [0.4, 0.5) is 0 Å². The number of hydrogen-bond acceptors (Lipinski definition) is 5. The number of carbonyl (C=O) groups is 1. The minimum absolute atomic E-state index is 0. The predicted octanol–water partition coefficient (Wildman–Crippen LogP) is 1.88. The van der Waals surface area contributed by atoms with Gasteiger partial charge < -0.3 is 24.9 Å². The SMILES string of the molecule is CC(=O)O.CCCCO.CCCCO.C[C-]=O.C[C-]=O.[Zr+2]. The van der Waals surface area contributed by atoms with Crippen molar-refractivity contribution < 1.29 is 55.9 Å². The normalized spacial score (nSPS) is 6.43. The van der Waals surface area contributed by atoms with Crippen LogP contribution in [0.3, 0.4) is 0 Å². The molecule has 21 heavy (non-hydrogen) atoms. The minimum atomic E-state index is -0.833. The summed E-state index contributed by atoms with van der Waals surface area (Å²) in [7, 11) is 0. The largest absolute Gasteiger partial charge is 2.00 e. The van der Waals surface area contributed by atoms with Gasteiger partial charge in [0.25, 0.3) is 5.97 Å². The van der Waals surface area contributed by atoms with Crippen molar-refractivity contribution in [2.24, 2.45) is 0 Å². The van der Waals surface area contributed by atoms with Crippen LogP contribution in [-0.2, 0) is 40.6 Å². The zero-order valence-electron chi connectivity index (χ0n) is 13.8. The van der Waals surface area contributed by atoms with Gasteiger partial charge in [-0.25, -0.2) is 0 Å². The van der Waals surface area contributed by atoms with E-state index < -0.39 is 5.97 Å². The molecule has 0 aromatic heterocycles. The number of aliphatic hydroxyl groups excluding tert-OH is 2. The molecule has 0 aromatic carbocycles. The van der Waals surface area contributed by atoms with Crippen molar-refractivity contribution in [1.29, 1.82) is 0 Å². The monoisotopic (exact) mass is 384 g/mol. The molecule has 0 aliphatic carbocycles. The molecule has 0 fully saturated rings. The van der Waals surface area contributed by atoms with Crippen molar-refractivity contribution >= 4 is 18.5 Å². The summed E-state index contributed by atoms with van der Waals surface area (Å²) in [6.07, 6.45) is 7.08. The van der Waals surface area contributed by atoms with Gasteiger partial charge in [0.15, 0.2) is 0 Å². The summed E-state index contributed by atoms with van der Waals surface area (Å²) in [5.74, 6) is -0.833. The van der Waals surface area contributed by atoms with E-state index in [2.05, 4.69) is 13.8 Å². The van der Waals surface area contributed by atoms with E-state index in [0.29, 0.717) is 13.2 Å². The van der Waals surface area contributed by atoms with E-state index in [4.69, 9.17) is 29.7 Å². The molecule has 0 amide bonds. The Labute approximate surface area is 148 Å². The van der Waals surface area contributed by atoms with Crippen LogP contribution in [0.1, 0.15) is 60.3 Å². The summed E-state index contributed by atoms with van der Waals surface area (Å²) in [5.41, 5.74) is 0. The first-order valence-electron chi connectivity index (χ1n) is 6.38. The van der Waals surface area contributed by atoms with Crippen LogP contribution < -0.4 is 0 Å². The fourth-order valence-corrected chi connectivity index (χ4v) is 0.316. The van der Waals surface area contributed by atoms with Crippen molar-refractivity contribution in [3.63, 3.8) is 0 Å². The summed E-state index contributed by atoms with van der Waals surface area (Å²) in [6.45, 7) is 8.51. The van der Waals surface area contributed by atoms with Gasteiger partial charge in [0, 0.05) is 20.1 Å². The Morgan fingerprint density at radius 3 is 1.05 bits per heavy atom. The molecule has 0 aromatic rings. The maximum atomic E-state index is 9.00. The van der Waals surface area contributed by atoms with Crippen LogP contribution in [0.15, 0.2) is 0 Å². The van der Waals surface area contributed by atoms with E-state index in [0.717, 1.165) is 32.6 Å². The van der Waals surface area contributed by atoms with Gasteiger partial charge in [-0.3, -0.25) is 17.4 Å². The number of unbranched alkanes of at least 4 members (excludes halogenated alkanes) is 2. The summed E-state index contributed by atoms with van der Waals surface area (Å²) in [6, 6.07) is 0. The number of carboxylic acid groups (broad SMARTS) is 1. The van der Waals surface area contributed by atoms with Crippen LogP contribution in [-0.4, -0.2) is 47.1 Å². The van der Waals surface area contributed by atoms with Crippen LogP contribution >= 0.6 is 0 Å². The number of aliphatic hydroxyl groups is 2. The molecular weight excluding hydrogens is 355 g/mol. The van der Waals surface area contributed by atoms with Crippen molar-refractivity contribution in [3.05, 3.63) is 0 Å². The van der Waals surface area contributed by atoms with Crippen molar-refractivity contribution in [2.45, 2.75) is 60.3 Å². The summed E-state index contributed by atoms with van der Waals surface area (Å²) in [4.78, 5) is 26.4. The smallest absolute Gasteiger partial charge is 0.542 e. The number of rotatable bonds is 4. The molecule has 0 rings (SSSR count). The minimum Gasteiger partial charge on any atom is -0.542 e. The summed E-state index contributed by atoms with van der Waals surface area (Å²) >= 11 is 0. The summed E-state index contributed by atoms with van der Waals surface area (Å²) in [5, 5.41) is 23.5. The maximum Gasteiger partial charge on any atom is 2.00 e. The molecular formula is C14H30O6Zr. The molecule has 0 heterocycles. The average Bonchev–Trinajstić information content (AvgIpc) is 2.33. The van der Waals surface area contributed by atoms with E-state index in [1.165, 1.54) is 26.4 Å². The Kier molecular flexibility index (Phi) is 107. The first-order chi connectivity index (χ1) is 9.39. The molecule has 0 aliphatic heterocycles. The van der Waals surface area contributed by atoms with Gasteiger partial charge in [-0.15, -0.1) is 0 Å². The molecule has 0 atom stereocenters. The van der Waals surface area contributed by atoms with E-state index >= 15 is 0 Å². The number of carbonyl (C=O) groups excluding carboxylic acids is 2. The van der Waals surface area contributed by atoms with E-state index in [-0.39, 0.29) is 26.2 Å². The molecule has 0 spiro atoms. The van der Waals surface area contributed by atoms with Crippen LogP contribution in [0, 0.1) is 0 Å². The number of aliphatic carboxylic acids is 1. The van der Waals surface area contributed by atoms with Crippen LogP contribution in [0.25, 0.3) is 0 Å². The Hall–Kier alpha value is -0.387. The first kappa shape index (κ1) is 37.1. The average molecular weight is 386 g/mol. The van der Waals surface area contributed by atoms with Crippen molar-refractivity contribution in [1.82, 2.24) is 0 Å². The van der Waals surface area contributed by atoms with E-state index in [1.807, 2.05) is 0 Å². The van der Waals surface area contributed by atoms with Gasteiger partial charge in [0.2, 0.25) is 0 Å². The van der Waals surface area contributed by atoms with E-state index in [1.54, 1.807) is 0 Å². The second-order valence-corrected chi connectivity index (χ2v) is 3.08. The zero-order chi connectivity index (χ0) is 17.2. The quantitative estimate of drug-likeness (QED) is 0.637. The predicted molar refractivity (Wildman–Crippen MR) is 80.0 cm³/mol. The second-order valence-electron chi connectivity index (χ2n) is 3.08. The van der Waals surface area contributed by atoms with Gasteiger partial charge in [-0.2, -0.15) is 13.8 Å². The zero-order valence-corrected chi connectivity index (χ0v) is 16.3. The maximum absolute atomic E-state index is 9.00. The van der Waals surface area contributed by atoms with Crippen molar-refractivity contribution in [2.75, 3.05) is 13.2 Å². The third-order valence-corrected chi connectivity index (χ3v) is 1.02. The fraction of sp³-hybridized carbons (Fsp3) is 0.786. The van der Waals surface area contributed by atoms with Crippen molar-refractivity contribution in [3.8, 4) is 0 Å². The molecule has 0 saturated carbocycles. The van der Waals surface area contributed by atoms with Gasteiger partial charge in [-0.1, -0.05) is 26.7 Å². The fourth-order valence-electron chi connectivity index (χ4n) is 0.316. The first-order valence-corrected chi connectivity index (χ1v) is 6.38. The van der Waals surface area contributed by atoms with E-state index in [9.17, 15) is 0 Å². The molecule has 126 valence electrons.